The predicted molar refractivity (Wildman–Crippen MR) is 81.4 cm³/mol. The number of H-pyrrole nitrogens is 1. The normalized spacial score (nSPS) is 24.2. The van der Waals surface area contributed by atoms with Crippen LogP contribution in [0, 0.1) is 5.82 Å². The number of amides is 1. The molecule has 5 nitrogen and oxygen atoms in total. The lowest BCUT2D eigenvalue weighted by atomic mass is 10.0. The van der Waals surface area contributed by atoms with E-state index in [1.54, 1.807) is 23.1 Å². The second-order valence-electron chi connectivity index (χ2n) is 6.40. The number of hydrogen-bond donors (Lipinski definition) is 2. The molecule has 1 aliphatic carbocycles. The largest absolute Gasteiger partial charge is 0.391 e. The van der Waals surface area contributed by atoms with Crippen LogP contribution in [-0.2, 0) is 0 Å². The fourth-order valence-electron chi connectivity index (χ4n) is 3.26. The van der Waals surface area contributed by atoms with Gasteiger partial charge in [0.25, 0.3) is 5.91 Å². The van der Waals surface area contributed by atoms with E-state index in [9.17, 15) is 14.3 Å². The summed E-state index contributed by atoms with van der Waals surface area (Å²) in [4.78, 5) is 14.3. The molecule has 120 valence electrons. The lowest BCUT2D eigenvalue weighted by Gasteiger charge is -2.24. The molecule has 2 N–H and O–H groups in total. The van der Waals surface area contributed by atoms with Gasteiger partial charge in [-0.1, -0.05) is 12.1 Å². The quantitative estimate of drug-likeness (QED) is 0.913. The second-order valence-corrected chi connectivity index (χ2v) is 6.40. The maximum atomic E-state index is 13.5. The van der Waals surface area contributed by atoms with Gasteiger partial charge in [-0.15, -0.1) is 0 Å². The number of likely N-dealkylation sites (tertiary alicyclic amines) is 1. The minimum atomic E-state index is -0.603. The van der Waals surface area contributed by atoms with Crippen LogP contribution < -0.4 is 0 Å². The molecule has 1 saturated heterocycles. The van der Waals surface area contributed by atoms with Crippen molar-refractivity contribution in [2.24, 2.45) is 0 Å². The molecule has 0 radical (unpaired) electrons. The Morgan fingerprint density at radius 2 is 2.17 bits per heavy atom. The molecule has 0 spiro atoms. The van der Waals surface area contributed by atoms with Crippen LogP contribution in [-0.4, -0.2) is 38.8 Å². The van der Waals surface area contributed by atoms with Gasteiger partial charge in [-0.05, 0) is 43.0 Å². The Morgan fingerprint density at radius 1 is 1.35 bits per heavy atom. The molecule has 1 aliphatic heterocycles. The summed E-state index contributed by atoms with van der Waals surface area (Å²) in [7, 11) is 0. The Labute approximate surface area is 133 Å². The van der Waals surface area contributed by atoms with Gasteiger partial charge in [0.15, 0.2) is 0 Å². The van der Waals surface area contributed by atoms with Crippen LogP contribution in [0.25, 0.3) is 0 Å². The monoisotopic (exact) mass is 315 g/mol. The highest BCUT2D eigenvalue weighted by Gasteiger charge is 2.37. The average Bonchev–Trinajstić information content (AvgIpc) is 3.13. The highest BCUT2D eigenvalue weighted by Crippen LogP contribution is 2.39. The first kappa shape index (κ1) is 14.4. The van der Waals surface area contributed by atoms with Crippen molar-refractivity contribution in [2.75, 3.05) is 6.54 Å². The zero-order valence-corrected chi connectivity index (χ0v) is 12.6. The number of aromatic amines is 1. The predicted octanol–water partition coefficient (Wildman–Crippen LogP) is 2.37. The molecule has 2 aliphatic rings. The number of carbonyl (C=O) groups excluding carboxylic acids is 1. The molecule has 6 heteroatoms. The summed E-state index contributed by atoms with van der Waals surface area (Å²) in [5, 5.41) is 17.0. The number of rotatable bonds is 3. The number of carbonyl (C=O) groups is 1. The van der Waals surface area contributed by atoms with Gasteiger partial charge in [0.05, 0.1) is 12.1 Å². The average molecular weight is 315 g/mol. The number of β-amino-alcohol motifs (C(OH)–C–C–N with tert-alkyl or cyclic N) is 1. The molecule has 1 saturated carbocycles. The summed E-state index contributed by atoms with van der Waals surface area (Å²) < 4.78 is 13.5. The van der Waals surface area contributed by atoms with Gasteiger partial charge in [0.2, 0.25) is 0 Å². The molecule has 1 aromatic carbocycles. The molecular weight excluding hydrogens is 297 g/mol. The van der Waals surface area contributed by atoms with Gasteiger partial charge >= 0.3 is 0 Å². The number of aromatic nitrogens is 2. The van der Waals surface area contributed by atoms with Crippen molar-refractivity contribution in [2.45, 2.75) is 37.3 Å². The third kappa shape index (κ3) is 2.74. The Hall–Kier alpha value is -2.21. The fraction of sp³-hybridized carbons (Fsp3) is 0.412. The molecule has 2 aromatic rings. The topological polar surface area (TPSA) is 69.2 Å². The van der Waals surface area contributed by atoms with Crippen LogP contribution in [0.15, 0.2) is 30.3 Å². The van der Waals surface area contributed by atoms with Crippen LogP contribution in [0.5, 0.6) is 0 Å². The van der Waals surface area contributed by atoms with E-state index in [0.29, 0.717) is 23.6 Å². The number of benzene rings is 1. The van der Waals surface area contributed by atoms with Crippen molar-refractivity contribution in [3.63, 3.8) is 0 Å². The molecule has 1 amide bonds. The van der Waals surface area contributed by atoms with E-state index >= 15 is 0 Å². The minimum absolute atomic E-state index is 0.223. The molecular formula is C17H18FN3O2. The Bertz CT molecular complexity index is 741. The fourth-order valence-corrected chi connectivity index (χ4v) is 3.26. The smallest absolute Gasteiger partial charge is 0.274 e. The van der Waals surface area contributed by atoms with Crippen molar-refractivity contribution in [3.8, 4) is 0 Å². The van der Waals surface area contributed by atoms with E-state index in [1.165, 1.54) is 12.1 Å². The lowest BCUT2D eigenvalue weighted by molar-refractivity contribution is 0.0709. The van der Waals surface area contributed by atoms with Gasteiger partial charge in [0, 0.05) is 18.2 Å². The Kier molecular flexibility index (Phi) is 3.41. The summed E-state index contributed by atoms with van der Waals surface area (Å²) in [5.74, 6) is -0.0710. The highest BCUT2D eigenvalue weighted by molar-refractivity contribution is 5.93. The second kappa shape index (κ2) is 5.45. The zero-order valence-electron chi connectivity index (χ0n) is 12.6. The SMILES string of the molecule is O=C(c1cc(C2CC2)[nH]n1)N1C[C@@H](O)C[C@@H]1c1cccc(F)c1. The molecule has 4 rings (SSSR count). The van der Waals surface area contributed by atoms with Crippen LogP contribution in [0.2, 0.25) is 0 Å². The summed E-state index contributed by atoms with van der Waals surface area (Å²) in [5.41, 5.74) is 2.06. The Balaban J connectivity index is 1.60. The number of halogens is 1. The van der Waals surface area contributed by atoms with Crippen LogP contribution in [0.3, 0.4) is 0 Å². The summed E-state index contributed by atoms with van der Waals surface area (Å²) in [6.07, 6.45) is 2.07. The molecule has 2 atom stereocenters. The van der Waals surface area contributed by atoms with Crippen molar-refractivity contribution in [1.29, 1.82) is 0 Å². The van der Waals surface area contributed by atoms with Crippen LogP contribution in [0.1, 0.15) is 53.0 Å². The van der Waals surface area contributed by atoms with Gasteiger partial charge in [0.1, 0.15) is 11.5 Å². The summed E-state index contributed by atoms with van der Waals surface area (Å²) in [6, 6.07) is 7.67. The van der Waals surface area contributed by atoms with E-state index in [4.69, 9.17) is 0 Å². The molecule has 0 bridgehead atoms. The minimum Gasteiger partial charge on any atom is -0.391 e. The maximum absolute atomic E-state index is 13.5. The first-order valence-corrected chi connectivity index (χ1v) is 7.91. The molecule has 0 unspecified atom stereocenters. The van der Waals surface area contributed by atoms with E-state index in [1.807, 2.05) is 0 Å². The van der Waals surface area contributed by atoms with E-state index < -0.39 is 6.10 Å². The van der Waals surface area contributed by atoms with Crippen molar-refractivity contribution < 1.29 is 14.3 Å². The molecule has 2 heterocycles. The zero-order chi connectivity index (χ0) is 16.0. The maximum Gasteiger partial charge on any atom is 0.274 e. The van der Waals surface area contributed by atoms with Gasteiger partial charge in [-0.2, -0.15) is 5.10 Å². The van der Waals surface area contributed by atoms with Crippen molar-refractivity contribution in [3.05, 3.63) is 53.1 Å². The third-order valence-electron chi connectivity index (χ3n) is 4.61. The Morgan fingerprint density at radius 3 is 2.91 bits per heavy atom. The van der Waals surface area contributed by atoms with Gasteiger partial charge < -0.3 is 10.0 Å². The number of nitrogens with one attached hydrogen (secondary N) is 1. The number of nitrogens with zero attached hydrogens (tertiary/aromatic N) is 2. The molecule has 2 fully saturated rings. The number of aliphatic hydroxyl groups excluding tert-OH is 1. The number of aliphatic hydroxyl groups is 1. The summed E-state index contributed by atoms with van der Waals surface area (Å²) >= 11 is 0. The van der Waals surface area contributed by atoms with E-state index in [0.717, 1.165) is 18.5 Å². The first-order chi connectivity index (χ1) is 11.1. The standard InChI is InChI=1S/C17H18FN3O2/c18-12-3-1-2-11(6-12)16-7-13(22)9-21(16)17(23)15-8-14(19-20-15)10-4-5-10/h1-3,6,8,10,13,16,22H,4-5,7,9H2,(H,19,20)/t13-,16+/m0/s1. The van der Waals surface area contributed by atoms with Crippen LogP contribution in [0.4, 0.5) is 4.39 Å². The highest BCUT2D eigenvalue weighted by atomic mass is 19.1. The van der Waals surface area contributed by atoms with Gasteiger partial charge in [-0.3, -0.25) is 9.89 Å². The molecule has 1 aromatic heterocycles. The van der Waals surface area contributed by atoms with E-state index in [-0.39, 0.29) is 24.3 Å². The number of hydrogen-bond acceptors (Lipinski definition) is 3. The third-order valence-corrected chi connectivity index (χ3v) is 4.61. The lowest BCUT2D eigenvalue weighted by Crippen LogP contribution is -2.32. The van der Waals surface area contributed by atoms with Crippen molar-refractivity contribution >= 4 is 5.91 Å². The van der Waals surface area contributed by atoms with Crippen molar-refractivity contribution in [1.82, 2.24) is 15.1 Å². The van der Waals surface area contributed by atoms with Gasteiger partial charge in [-0.25, -0.2) is 4.39 Å². The summed E-state index contributed by atoms with van der Waals surface area (Å²) in [6.45, 7) is 0.242. The van der Waals surface area contributed by atoms with Crippen LogP contribution >= 0.6 is 0 Å². The first-order valence-electron chi connectivity index (χ1n) is 7.91. The van der Waals surface area contributed by atoms with E-state index in [2.05, 4.69) is 10.2 Å². The molecule has 23 heavy (non-hydrogen) atoms.